The fourth-order valence-electron chi connectivity index (χ4n) is 1.57. The highest BCUT2D eigenvalue weighted by Crippen LogP contribution is 1.99. The van der Waals surface area contributed by atoms with E-state index in [1.54, 1.807) is 6.33 Å². The first-order valence-electron chi connectivity index (χ1n) is 6.31. The van der Waals surface area contributed by atoms with Crippen molar-refractivity contribution < 1.29 is 4.79 Å². The largest absolute Gasteiger partial charge is 0.351 e. The Morgan fingerprint density at radius 2 is 2.17 bits per heavy atom. The second kappa shape index (κ2) is 6.49. The lowest BCUT2D eigenvalue weighted by Crippen LogP contribution is -2.41. The van der Waals surface area contributed by atoms with Crippen LogP contribution < -0.4 is 10.6 Å². The zero-order chi connectivity index (χ0) is 13.6. The fraction of sp³-hybridized carbons (Fsp3) is 0.750. The van der Waals surface area contributed by atoms with Crippen molar-refractivity contribution in [3.8, 4) is 0 Å². The Labute approximate surface area is 108 Å². The number of hydrogen-bond donors (Lipinski definition) is 2. The van der Waals surface area contributed by atoms with Crippen LogP contribution in [0.2, 0.25) is 0 Å². The number of amides is 1. The number of carbonyl (C=O) groups is 1. The standard InChI is InChI=1S/C12H23N5O/c1-5-17-10(14-9-15-17)8-13-7-6-11(18)16-12(2,3)4/h9,13H,5-8H2,1-4H3,(H,16,18). The lowest BCUT2D eigenvalue weighted by Gasteiger charge is -2.20. The highest BCUT2D eigenvalue weighted by Gasteiger charge is 2.12. The van der Waals surface area contributed by atoms with Gasteiger partial charge < -0.3 is 10.6 Å². The molecule has 1 heterocycles. The molecule has 1 rings (SSSR count). The molecule has 6 heteroatoms. The third kappa shape index (κ3) is 5.27. The summed E-state index contributed by atoms with van der Waals surface area (Å²) >= 11 is 0. The summed E-state index contributed by atoms with van der Waals surface area (Å²) in [5, 5.41) is 10.2. The molecule has 0 atom stereocenters. The summed E-state index contributed by atoms with van der Waals surface area (Å²) in [6.45, 7) is 10.0. The van der Waals surface area contributed by atoms with Gasteiger partial charge in [0, 0.05) is 25.0 Å². The van der Waals surface area contributed by atoms with E-state index in [0.29, 0.717) is 19.5 Å². The first-order chi connectivity index (χ1) is 8.42. The smallest absolute Gasteiger partial charge is 0.221 e. The second-order valence-corrected chi connectivity index (χ2v) is 5.22. The van der Waals surface area contributed by atoms with Crippen molar-refractivity contribution in [2.75, 3.05) is 6.54 Å². The van der Waals surface area contributed by atoms with E-state index in [9.17, 15) is 4.79 Å². The monoisotopic (exact) mass is 253 g/mol. The quantitative estimate of drug-likeness (QED) is 0.732. The first-order valence-corrected chi connectivity index (χ1v) is 6.31. The molecular weight excluding hydrogens is 230 g/mol. The molecule has 6 nitrogen and oxygen atoms in total. The number of nitrogens with one attached hydrogen (secondary N) is 2. The lowest BCUT2D eigenvalue weighted by atomic mass is 10.1. The van der Waals surface area contributed by atoms with Crippen molar-refractivity contribution in [2.45, 2.75) is 52.7 Å². The summed E-state index contributed by atoms with van der Waals surface area (Å²) in [6, 6.07) is 0. The summed E-state index contributed by atoms with van der Waals surface area (Å²) in [5.41, 5.74) is -0.167. The molecule has 0 aliphatic carbocycles. The van der Waals surface area contributed by atoms with E-state index in [0.717, 1.165) is 12.4 Å². The van der Waals surface area contributed by atoms with Gasteiger partial charge in [-0.05, 0) is 27.7 Å². The van der Waals surface area contributed by atoms with Crippen LogP contribution in [-0.2, 0) is 17.9 Å². The van der Waals surface area contributed by atoms with Gasteiger partial charge in [-0.2, -0.15) is 5.10 Å². The molecule has 1 aromatic rings. The third-order valence-corrected chi connectivity index (χ3v) is 2.32. The molecule has 18 heavy (non-hydrogen) atoms. The summed E-state index contributed by atoms with van der Waals surface area (Å²) in [6.07, 6.45) is 2.02. The van der Waals surface area contributed by atoms with Crippen LogP contribution in [0.25, 0.3) is 0 Å². The Morgan fingerprint density at radius 3 is 2.78 bits per heavy atom. The molecule has 0 radical (unpaired) electrons. The topological polar surface area (TPSA) is 71.8 Å². The van der Waals surface area contributed by atoms with Crippen LogP contribution in [0.15, 0.2) is 6.33 Å². The fourth-order valence-corrected chi connectivity index (χ4v) is 1.57. The molecule has 0 aliphatic heterocycles. The Bertz CT molecular complexity index is 380. The van der Waals surface area contributed by atoms with Crippen LogP contribution >= 0.6 is 0 Å². The van der Waals surface area contributed by atoms with Gasteiger partial charge in [-0.15, -0.1) is 0 Å². The Hall–Kier alpha value is -1.43. The van der Waals surface area contributed by atoms with Crippen molar-refractivity contribution in [1.29, 1.82) is 0 Å². The molecule has 0 saturated carbocycles. The van der Waals surface area contributed by atoms with E-state index in [1.807, 2.05) is 32.4 Å². The lowest BCUT2D eigenvalue weighted by molar-refractivity contribution is -0.122. The SMILES string of the molecule is CCn1ncnc1CNCCC(=O)NC(C)(C)C. The molecule has 0 aliphatic rings. The van der Waals surface area contributed by atoms with Gasteiger partial charge in [0.1, 0.15) is 12.2 Å². The molecule has 0 unspecified atom stereocenters. The summed E-state index contributed by atoms with van der Waals surface area (Å²) in [7, 11) is 0. The van der Waals surface area contributed by atoms with E-state index < -0.39 is 0 Å². The highest BCUT2D eigenvalue weighted by atomic mass is 16.1. The molecular formula is C12H23N5O. The Kier molecular flexibility index (Phi) is 5.27. The summed E-state index contributed by atoms with van der Waals surface area (Å²) in [5.74, 6) is 0.959. The number of hydrogen-bond acceptors (Lipinski definition) is 4. The molecule has 1 aromatic heterocycles. The van der Waals surface area contributed by atoms with Crippen molar-refractivity contribution in [3.05, 3.63) is 12.2 Å². The van der Waals surface area contributed by atoms with Gasteiger partial charge in [0.2, 0.25) is 5.91 Å². The minimum Gasteiger partial charge on any atom is -0.351 e. The van der Waals surface area contributed by atoms with E-state index in [2.05, 4.69) is 20.7 Å². The third-order valence-electron chi connectivity index (χ3n) is 2.32. The zero-order valence-corrected chi connectivity index (χ0v) is 11.7. The van der Waals surface area contributed by atoms with Gasteiger partial charge in [-0.3, -0.25) is 4.79 Å². The van der Waals surface area contributed by atoms with Gasteiger partial charge in [0.05, 0.1) is 6.54 Å². The number of nitrogens with zero attached hydrogens (tertiary/aromatic N) is 3. The van der Waals surface area contributed by atoms with Gasteiger partial charge >= 0.3 is 0 Å². The molecule has 0 aromatic carbocycles. The molecule has 0 spiro atoms. The maximum absolute atomic E-state index is 11.6. The summed E-state index contributed by atoms with van der Waals surface area (Å²) in [4.78, 5) is 15.7. The molecule has 0 saturated heterocycles. The van der Waals surface area contributed by atoms with Crippen molar-refractivity contribution in [3.63, 3.8) is 0 Å². The van der Waals surface area contributed by atoms with Crippen molar-refractivity contribution >= 4 is 5.91 Å². The van der Waals surface area contributed by atoms with E-state index in [1.165, 1.54) is 0 Å². The normalized spacial score (nSPS) is 11.6. The Morgan fingerprint density at radius 1 is 1.44 bits per heavy atom. The van der Waals surface area contributed by atoms with Gasteiger partial charge in [-0.25, -0.2) is 9.67 Å². The Balaban J connectivity index is 2.21. The van der Waals surface area contributed by atoms with Gasteiger partial charge in [0.15, 0.2) is 0 Å². The van der Waals surface area contributed by atoms with Gasteiger partial charge in [0.25, 0.3) is 0 Å². The second-order valence-electron chi connectivity index (χ2n) is 5.22. The van der Waals surface area contributed by atoms with Crippen molar-refractivity contribution in [1.82, 2.24) is 25.4 Å². The predicted molar refractivity (Wildman–Crippen MR) is 69.9 cm³/mol. The molecule has 2 N–H and O–H groups in total. The van der Waals surface area contributed by atoms with Crippen LogP contribution in [0.4, 0.5) is 0 Å². The maximum Gasteiger partial charge on any atom is 0.221 e. The van der Waals surface area contributed by atoms with E-state index >= 15 is 0 Å². The number of carbonyl (C=O) groups excluding carboxylic acids is 1. The molecule has 1 amide bonds. The average Bonchev–Trinajstić information content (AvgIpc) is 2.69. The first kappa shape index (κ1) is 14.6. The molecule has 0 fully saturated rings. The number of aromatic nitrogens is 3. The number of rotatable bonds is 6. The van der Waals surface area contributed by atoms with Crippen molar-refractivity contribution in [2.24, 2.45) is 0 Å². The van der Waals surface area contributed by atoms with Crippen LogP contribution in [-0.4, -0.2) is 32.8 Å². The van der Waals surface area contributed by atoms with Gasteiger partial charge in [-0.1, -0.05) is 0 Å². The average molecular weight is 253 g/mol. The maximum atomic E-state index is 11.6. The minimum absolute atomic E-state index is 0.0620. The van der Waals surface area contributed by atoms with E-state index in [-0.39, 0.29) is 11.4 Å². The highest BCUT2D eigenvalue weighted by molar-refractivity contribution is 5.76. The van der Waals surface area contributed by atoms with E-state index in [4.69, 9.17) is 0 Å². The molecule has 102 valence electrons. The van der Waals surface area contributed by atoms with Crippen LogP contribution in [0.1, 0.15) is 39.9 Å². The summed E-state index contributed by atoms with van der Waals surface area (Å²) < 4.78 is 1.84. The van der Waals surface area contributed by atoms with Crippen LogP contribution in [0.3, 0.4) is 0 Å². The molecule has 0 bridgehead atoms. The predicted octanol–water partition coefficient (Wildman–Crippen LogP) is 0.692. The number of aryl methyl sites for hydroxylation is 1. The minimum atomic E-state index is -0.167. The van der Waals surface area contributed by atoms with Crippen LogP contribution in [0.5, 0.6) is 0 Å². The van der Waals surface area contributed by atoms with Crippen LogP contribution in [0, 0.1) is 0 Å². The zero-order valence-electron chi connectivity index (χ0n) is 11.7.